The number of hydrogen-bond donors (Lipinski definition) is 2. The Morgan fingerprint density at radius 3 is 1.94 bits per heavy atom. The largest absolute Gasteiger partial charge is 0.457 e. The highest BCUT2D eigenvalue weighted by Gasteiger charge is 2.12. The van der Waals surface area contributed by atoms with Crippen LogP contribution in [0, 0.1) is 13.8 Å². The van der Waals surface area contributed by atoms with E-state index in [1.807, 2.05) is 67.6 Å². The van der Waals surface area contributed by atoms with Crippen molar-refractivity contribution in [2.45, 2.75) is 20.5 Å². The number of aromatic nitrogens is 4. The first-order chi connectivity index (χ1) is 17.5. The van der Waals surface area contributed by atoms with Crippen molar-refractivity contribution in [1.82, 2.24) is 19.9 Å². The first-order valence-corrected chi connectivity index (χ1v) is 11.8. The molecule has 6 heteroatoms. The van der Waals surface area contributed by atoms with Crippen LogP contribution < -0.4 is 0 Å². The van der Waals surface area contributed by atoms with E-state index < -0.39 is 0 Å². The fourth-order valence-corrected chi connectivity index (χ4v) is 4.35. The monoisotopic (exact) mass is 472 g/mol. The normalized spacial score (nSPS) is 11.3. The van der Waals surface area contributed by atoms with E-state index in [2.05, 4.69) is 34.0 Å². The number of nitrogens with zero attached hydrogens (tertiary/aromatic N) is 2. The molecule has 0 aliphatic rings. The van der Waals surface area contributed by atoms with Crippen LogP contribution in [0.15, 0.2) is 84.9 Å². The maximum absolute atomic E-state index is 12.9. The van der Waals surface area contributed by atoms with E-state index in [1.165, 1.54) is 5.56 Å². The van der Waals surface area contributed by atoms with Crippen molar-refractivity contribution in [3.63, 3.8) is 0 Å². The van der Waals surface area contributed by atoms with Gasteiger partial charge in [-0.3, -0.25) is 0 Å². The minimum Gasteiger partial charge on any atom is -0.457 e. The third kappa shape index (κ3) is 4.25. The lowest BCUT2D eigenvalue weighted by molar-refractivity contribution is 0.0473. The lowest BCUT2D eigenvalue weighted by atomic mass is 10.1. The summed E-state index contributed by atoms with van der Waals surface area (Å²) < 4.78 is 5.65. The van der Waals surface area contributed by atoms with E-state index in [9.17, 15) is 4.79 Å². The average molecular weight is 473 g/mol. The molecular weight excluding hydrogens is 448 g/mol. The topological polar surface area (TPSA) is 83.7 Å². The van der Waals surface area contributed by atoms with Crippen molar-refractivity contribution in [3.05, 3.63) is 107 Å². The summed E-state index contributed by atoms with van der Waals surface area (Å²) in [5.41, 5.74) is 9.27. The number of esters is 1. The number of carbonyl (C=O) groups excluding carboxylic acids is 1. The highest BCUT2D eigenvalue weighted by Crippen LogP contribution is 2.24. The molecule has 0 saturated carbocycles. The lowest BCUT2D eigenvalue weighted by Gasteiger charge is -2.07. The third-order valence-electron chi connectivity index (χ3n) is 6.22. The predicted molar refractivity (Wildman–Crippen MR) is 142 cm³/mol. The molecule has 6 rings (SSSR count). The molecule has 0 radical (unpaired) electrons. The summed E-state index contributed by atoms with van der Waals surface area (Å²) in [6.07, 6.45) is 0. The maximum Gasteiger partial charge on any atom is 0.338 e. The number of benzene rings is 4. The number of imidazole rings is 2. The van der Waals surface area contributed by atoms with Gasteiger partial charge in [-0.1, -0.05) is 42.5 Å². The third-order valence-corrected chi connectivity index (χ3v) is 6.22. The Hall–Kier alpha value is -4.71. The zero-order chi connectivity index (χ0) is 24.6. The molecule has 0 saturated heterocycles. The van der Waals surface area contributed by atoms with E-state index >= 15 is 0 Å². The number of nitrogens with one attached hydrogen (secondary N) is 2. The Morgan fingerprint density at radius 2 is 1.31 bits per heavy atom. The molecular formula is C30H24N4O2. The van der Waals surface area contributed by atoms with Gasteiger partial charge in [-0.2, -0.15) is 0 Å². The Kier molecular flexibility index (Phi) is 5.34. The van der Waals surface area contributed by atoms with Gasteiger partial charge in [-0.05, 0) is 73.0 Å². The number of aryl methyl sites for hydroxylation is 2. The summed E-state index contributed by atoms with van der Waals surface area (Å²) in [5.74, 6) is 1.13. The van der Waals surface area contributed by atoms with Gasteiger partial charge < -0.3 is 14.7 Å². The Bertz CT molecular complexity index is 1750. The molecule has 0 unspecified atom stereocenters. The van der Waals surface area contributed by atoms with Gasteiger partial charge in [0.05, 0.1) is 27.6 Å². The van der Waals surface area contributed by atoms with Crippen LogP contribution in [0.1, 0.15) is 27.0 Å². The number of rotatable bonds is 5. The molecule has 0 spiro atoms. The van der Waals surface area contributed by atoms with E-state index in [1.54, 1.807) is 12.1 Å². The van der Waals surface area contributed by atoms with Crippen LogP contribution in [-0.2, 0) is 11.3 Å². The highest BCUT2D eigenvalue weighted by molar-refractivity contribution is 5.91. The molecule has 176 valence electrons. The Labute approximate surface area is 208 Å². The second kappa shape index (κ2) is 8.82. The number of H-pyrrole nitrogens is 2. The quantitative estimate of drug-likeness (QED) is 0.272. The number of hydrogen-bond acceptors (Lipinski definition) is 4. The molecule has 2 N–H and O–H groups in total. The minimum atomic E-state index is -0.381. The van der Waals surface area contributed by atoms with Crippen molar-refractivity contribution in [2.75, 3.05) is 0 Å². The summed E-state index contributed by atoms with van der Waals surface area (Å²) >= 11 is 0. The molecule has 36 heavy (non-hydrogen) atoms. The molecule has 6 nitrogen and oxygen atoms in total. The van der Waals surface area contributed by atoms with Crippen LogP contribution in [0.4, 0.5) is 0 Å². The fourth-order valence-electron chi connectivity index (χ4n) is 4.35. The van der Waals surface area contributed by atoms with E-state index in [-0.39, 0.29) is 12.6 Å². The SMILES string of the molecule is Cc1ccc2nc(-c3cccc(COC(=O)c4cccc(-c5nc6ccc(C)cc6[nH]5)c4)c3)[nH]c2c1. The van der Waals surface area contributed by atoms with Crippen molar-refractivity contribution in [1.29, 1.82) is 0 Å². The molecule has 6 aromatic rings. The maximum atomic E-state index is 12.9. The van der Waals surface area contributed by atoms with Gasteiger partial charge in [0.2, 0.25) is 0 Å². The molecule has 0 bridgehead atoms. The molecule has 0 aliphatic carbocycles. The average Bonchev–Trinajstić information content (AvgIpc) is 3.51. The van der Waals surface area contributed by atoms with E-state index in [4.69, 9.17) is 9.72 Å². The van der Waals surface area contributed by atoms with Gasteiger partial charge in [-0.15, -0.1) is 0 Å². The highest BCUT2D eigenvalue weighted by atomic mass is 16.5. The summed E-state index contributed by atoms with van der Waals surface area (Å²) in [7, 11) is 0. The molecule has 0 amide bonds. The van der Waals surface area contributed by atoms with Crippen LogP contribution >= 0.6 is 0 Å². The van der Waals surface area contributed by atoms with Crippen molar-refractivity contribution in [2.24, 2.45) is 0 Å². The minimum absolute atomic E-state index is 0.167. The van der Waals surface area contributed by atoms with E-state index in [0.29, 0.717) is 5.56 Å². The summed E-state index contributed by atoms with van der Waals surface area (Å²) in [5, 5.41) is 0. The van der Waals surface area contributed by atoms with E-state index in [0.717, 1.165) is 56.0 Å². The summed E-state index contributed by atoms with van der Waals surface area (Å²) in [6, 6.07) is 27.4. The van der Waals surface area contributed by atoms with Gasteiger partial charge in [0.25, 0.3) is 0 Å². The number of fused-ring (bicyclic) bond motifs is 2. The van der Waals surface area contributed by atoms with Crippen LogP contribution in [0.25, 0.3) is 44.8 Å². The van der Waals surface area contributed by atoms with Crippen LogP contribution in [0.5, 0.6) is 0 Å². The fraction of sp³-hybridized carbons (Fsp3) is 0.100. The second-order valence-electron chi connectivity index (χ2n) is 9.07. The van der Waals surface area contributed by atoms with Gasteiger partial charge in [0, 0.05) is 11.1 Å². The Morgan fingerprint density at radius 1 is 0.722 bits per heavy atom. The molecule has 4 aromatic carbocycles. The molecule has 0 atom stereocenters. The van der Waals surface area contributed by atoms with Crippen molar-refractivity contribution >= 4 is 28.0 Å². The Balaban J connectivity index is 1.19. The molecule has 0 aliphatic heterocycles. The van der Waals surface area contributed by atoms with Gasteiger partial charge in [-0.25, -0.2) is 14.8 Å². The standard InChI is InChI=1S/C30H24N4O2/c1-18-9-11-24-26(13-18)33-28(31-24)21-6-3-5-20(15-21)17-36-30(35)23-8-4-7-22(16-23)29-32-25-12-10-19(2)14-27(25)34-29/h3-16H,17H2,1-2H3,(H,31,33)(H,32,34). The molecule has 2 heterocycles. The van der Waals surface area contributed by atoms with Crippen molar-refractivity contribution < 1.29 is 9.53 Å². The second-order valence-corrected chi connectivity index (χ2v) is 9.07. The zero-order valence-corrected chi connectivity index (χ0v) is 20.0. The van der Waals surface area contributed by atoms with Crippen LogP contribution in [0.2, 0.25) is 0 Å². The number of ether oxygens (including phenoxy) is 1. The molecule has 2 aromatic heterocycles. The van der Waals surface area contributed by atoms with Gasteiger partial charge >= 0.3 is 5.97 Å². The summed E-state index contributed by atoms with van der Waals surface area (Å²) in [6.45, 7) is 4.27. The molecule has 0 fully saturated rings. The first-order valence-electron chi connectivity index (χ1n) is 11.8. The van der Waals surface area contributed by atoms with Gasteiger partial charge in [0.1, 0.15) is 18.3 Å². The van der Waals surface area contributed by atoms with Crippen LogP contribution in [-0.4, -0.2) is 25.9 Å². The number of carbonyl (C=O) groups is 1. The zero-order valence-electron chi connectivity index (χ0n) is 20.0. The van der Waals surface area contributed by atoms with Crippen LogP contribution in [0.3, 0.4) is 0 Å². The number of aromatic amines is 2. The summed E-state index contributed by atoms with van der Waals surface area (Å²) in [4.78, 5) is 28.9. The predicted octanol–water partition coefficient (Wildman–Crippen LogP) is 6.75. The van der Waals surface area contributed by atoms with Gasteiger partial charge in [0.15, 0.2) is 0 Å². The first kappa shape index (κ1) is 21.8. The smallest absolute Gasteiger partial charge is 0.338 e. The lowest BCUT2D eigenvalue weighted by Crippen LogP contribution is -2.05. The van der Waals surface area contributed by atoms with Crippen molar-refractivity contribution in [3.8, 4) is 22.8 Å².